The van der Waals surface area contributed by atoms with Gasteiger partial charge in [0, 0.05) is 16.8 Å². The van der Waals surface area contributed by atoms with Crippen molar-refractivity contribution in [2.45, 2.75) is 0 Å². The van der Waals surface area contributed by atoms with E-state index in [0.717, 1.165) is 16.8 Å². The van der Waals surface area contributed by atoms with Crippen molar-refractivity contribution in [2.75, 3.05) is 26.1 Å². The number of hydrogen-bond acceptors (Lipinski definition) is 5. The Bertz CT molecular complexity index is 857. The summed E-state index contributed by atoms with van der Waals surface area (Å²) < 4.78 is 15.2. The average Bonchev–Trinajstić information content (AvgIpc) is 2.95. The topological polar surface area (TPSA) is 73.9 Å². The lowest BCUT2D eigenvalue weighted by molar-refractivity contribution is -0.142. The first-order valence-corrected chi connectivity index (χ1v) is 7.62. The molecule has 0 unspecified atom stereocenters. The van der Waals surface area contributed by atoms with E-state index in [1.165, 1.54) is 14.2 Å². The number of methoxy groups -OCH3 is 2. The zero-order chi connectivity index (χ0) is 17.8. The molecule has 0 aliphatic carbocycles. The van der Waals surface area contributed by atoms with Crippen molar-refractivity contribution in [3.63, 3.8) is 0 Å². The third-order valence-corrected chi connectivity index (χ3v) is 3.78. The standard InChI is InChI=1S/C19H17NO5/c1-23-17-10-12(7-8-16(17)25-11-18(21)24-2)9-14-13-5-3-4-6-15(13)20-19(14)22/h3-10H,11H2,1-2H3,(H,20,22)/b14-9-. The number of rotatable bonds is 5. The van der Waals surface area contributed by atoms with E-state index in [9.17, 15) is 9.59 Å². The summed E-state index contributed by atoms with van der Waals surface area (Å²) in [6, 6.07) is 12.7. The van der Waals surface area contributed by atoms with E-state index in [4.69, 9.17) is 9.47 Å². The summed E-state index contributed by atoms with van der Waals surface area (Å²) in [5.41, 5.74) is 3.02. The van der Waals surface area contributed by atoms with E-state index in [2.05, 4.69) is 10.1 Å². The number of amides is 1. The van der Waals surface area contributed by atoms with Crippen LogP contribution in [0.15, 0.2) is 42.5 Å². The minimum absolute atomic E-state index is 0.147. The molecule has 1 aliphatic heterocycles. The molecule has 128 valence electrons. The largest absolute Gasteiger partial charge is 0.493 e. The van der Waals surface area contributed by atoms with Crippen LogP contribution in [0.5, 0.6) is 11.5 Å². The molecule has 2 aromatic rings. The van der Waals surface area contributed by atoms with Gasteiger partial charge in [-0.2, -0.15) is 0 Å². The summed E-state index contributed by atoms with van der Waals surface area (Å²) in [6.45, 7) is -0.205. The van der Waals surface area contributed by atoms with Crippen molar-refractivity contribution in [1.29, 1.82) is 0 Å². The smallest absolute Gasteiger partial charge is 0.343 e. The summed E-state index contributed by atoms with van der Waals surface area (Å²) in [7, 11) is 2.80. The van der Waals surface area contributed by atoms with Gasteiger partial charge in [-0.1, -0.05) is 24.3 Å². The Morgan fingerprint density at radius 1 is 1.12 bits per heavy atom. The molecule has 0 atom stereocenters. The molecule has 1 amide bonds. The fourth-order valence-electron chi connectivity index (χ4n) is 2.54. The first-order valence-electron chi connectivity index (χ1n) is 7.62. The average molecular weight is 339 g/mol. The molecular weight excluding hydrogens is 322 g/mol. The van der Waals surface area contributed by atoms with Crippen molar-refractivity contribution in [3.8, 4) is 11.5 Å². The lowest BCUT2D eigenvalue weighted by Gasteiger charge is -2.10. The second-order valence-electron chi connectivity index (χ2n) is 5.33. The van der Waals surface area contributed by atoms with Crippen molar-refractivity contribution < 1.29 is 23.8 Å². The molecule has 0 spiro atoms. The summed E-state index contributed by atoms with van der Waals surface area (Å²) >= 11 is 0. The van der Waals surface area contributed by atoms with Gasteiger partial charge in [-0.3, -0.25) is 4.79 Å². The van der Waals surface area contributed by atoms with Gasteiger partial charge in [0.1, 0.15) is 0 Å². The predicted molar refractivity (Wildman–Crippen MR) is 93.4 cm³/mol. The van der Waals surface area contributed by atoms with Gasteiger partial charge in [-0.05, 0) is 29.8 Å². The van der Waals surface area contributed by atoms with Crippen LogP contribution in [0.2, 0.25) is 0 Å². The van der Waals surface area contributed by atoms with Crippen LogP contribution in [0.1, 0.15) is 11.1 Å². The van der Waals surface area contributed by atoms with E-state index in [-0.39, 0.29) is 12.5 Å². The molecule has 0 saturated heterocycles. The lowest BCUT2D eigenvalue weighted by Crippen LogP contribution is -2.12. The van der Waals surface area contributed by atoms with Crippen LogP contribution in [0.25, 0.3) is 11.6 Å². The minimum Gasteiger partial charge on any atom is -0.493 e. The van der Waals surface area contributed by atoms with Gasteiger partial charge in [-0.15, -0.1) is 0 Å². The maximum absolute atomic E-state index is 12.2. The predicted octanol–water partition coefficient (Wildman–Crippen LogP) is 2.74. The molecule has 0 fully saturated rings. The van der Waals surface area contributed by atoms with Gasteiger partial charge >= 0.3 is 5.97 Å². The Morgan fingerprint density at radius 2 is 1.92 bits per heavy atom. The molecule has 0 bridgehead atoms. The van der Waals surface area contributed by atoms with E-state index in [1.807, 2.05) is 24.3 Å². The van der Waals surface area contributed by atoms with E-state index in [1.54, 1.807) is 24.3 Å². The number of ether oxygens (including phenoxy) is 3. The number of anilines is 1. The number of para-hydroxylation sites is 1. The highest BCUT2D eigenvalue weighted by Gasteiger charge is 2.23. The van der Waals surface area contributed by atoms with Crippen LogP contribution in [-0.2, 0) is 14.3 Å². The highest BCUT2D eigenvalue weighted by molar-refractivity contribution is 6.34. The van der Waals surface area contributed by atoms with Gasteiger partial charge in [0.25, 0.3) is 5.91 Å². The van der Waals surface area contributed by atoms with Crippen LogP contribution >= 0.6 is 0 Å². The van der Waals surface area contributed by atoms with E-state index < -0.39 is 5.97 Å². The van der Waals surface area contributed by atoms with Gasteiger partial charge in [0.15, 0.2) is 18.1 Å². The molecule has 0 aromatic heterocycles. The molecule has 1 aliphatic rings. The Morgan fingerprint density at radius 3 is 2.68 bits per heavy atom. The second kappa shape index (κ2) is 7.09. The SMILES string of the molecule is COC(=O)COc1ccc(/C=C2\C(=O)Nc3ccccc32)cc1OC. The van der Waals surface area contributed by atoms with E-state index >= 15 is 0 Å². The Labute approximate surface area is 145 Å². The number of nitrogens with one attached hydrogen (secondary N) is 1. The van der Waals surface area contributed by atoms with Crippen molar-refractivity contribution >= 4 is 29.2 Å². The molecular formula is C19H17NO5. The van der Waals surface area contributed by atoms with Crippen LogP contribution in [0.3, 0.4) is 0 Å². The molecule has 2 aromatic carbocycles. The van der Waals surface area contributed by atoms with Crippen molar-refractivity contribution in [1.82, 2.24) is 0 Å². The fraction of sp³-hybridized carbons (Fsp3) is 0.158. The lowest BCUT2D eigenvalue weighted by atomic mass is 10.0. The molecule has 25 heavy (non-hydrogen) atoms. The second-order valence-corrected chi connectivity index (χ2v) is 5.33. The monoisotopic (exact) mass is 339 g/mol. The van der Waals surface area contributed by atoms with Crippen LogP contribution in [0, 0.1) is 0 Å². The van der Waals surface area contributed by atoms with Gasteiger partial charge < -0.3 is 19.5 Å². The first-order chi connectivity index (χ1) is 12.1. The van der Waals surface area contributed by atoms with Gasteiger partial charge in [0.05, 0.1) is 14.2 Å². The number of esters is 1. The third-order valence-electron chi connectivity index (χ3n) is 3.78. The molecule has 1 heterocycles. The summed E-state index contributed by atoms with van der Waals surface area (Å²) in [5, 5.41) is 2.83. The first kappa shape index (κ1) is 16.6. The Balaban J connectivity index is 1.89. The van der Waals surface area contributed by atoms with E-state index in [0.29, 0.717) is 17.1 Å². The number of hydrogen-bond donors (Lipinski definition) is 1. The highest BCUT2D eigenvalue weighted by atomic mass is 16.6. The summed E-state index contributed by atoms with van der Waals surface area (Å²) in [4.78, 5) is 23.4. The maximum atomic E-state index is 12.2. The molecule has 1 N–H and O–H groups in total. The third kappa shape index (κ3) is 3.47. The van der Waals surface area contributed by atoms with Crippen LogP contribution < -0.4 is 14.8 Å². The van der Waals surface area contributed by atoms with Gasteiger partial charge in [0.2, 0.25) is 0 Å². The number of benzene rings is 2. The van der Waals surface area contributed by atoms with Gasteiger partial charge in [-0.25, -0.2) is 4.79 Å². The summed E-state index contributed by atoms with van der Waals surface area (Å²) in [5.74, 6) is 0.259. The molecule has 0 radical (unpaired) electrons. The van der Waals surface area contributed by atoms with Crippen LogP contribution in [-0.4, -0.2) is 32.7 Å². The number of carbonyl (C=O) groups is 2. The number of fused-ring (bicyclic) bond motifs is 1. The summed E-state index contributed by atoms with van der Waals surface area (Å²) in [6.07, 6.45) is 1.79. The molecule has 6 nitrogen and oxygen atoms in total. The Hall–Kier alpha value is -3.28. The van der Waals surface area contributed by atoms with Crippen molar-refractivity contribution in [2.24, 2.45) is 0 Å². The number of carbonyl (C=O) groups excluding carboxylic acids is 2. The maximum Gasteiger partial charge on any atom is 0.343 e. The van der Waals surface area contributed by atoms with Crippen molar-refractivity contribution in [3.05, 3.63) is 53.6 Å². The molecule has 3 rings (SSSR count). The Kier molecular flexibility index (Phi) is 4.70. The zero-order valence-electron chi connectivity index (χ0n) is 13.9. The molecule has 6 heteroatoms. The quantitative estimate of drug-likeness (QED) is 0.670. The minimum atomic E-state index is -0.479. The normalized spacial score (nSPS) is 14.0. The zero-order valence-corrected chi connectivity index (χ0v) is 13.9. The highest BCUT2D eigenvalue weighted by Crippen LogP contribution is 2.34. The van der Waals surface area contributed by atoms with Crippen LogP contribution in [0.4, 0.5) is 5.69 Å². The molecule has 0 saturated carbocycles. The fourth-order valence-corrected chi connectivity index (χ4v) is 2.54.